The third kappa shape index (κ3) is 3.21. The Hall–Kier alpha value is -3.04. The number of cyclic esters (lactones) is 1. The number of fused-ring (bicyclic) bond motifs is 4. The Morgan fingerprint density at radius 2 is 1.74 bits per heavy atom. The van der Waals surface area contributed by atoms with E-state index in [-0.39, 0.29) is 35.1 Å². The number of nitrogens with zero attached hydrogens (tertiary/aromatic N) is 1. The van der Waals surface area contributed by atoms with Crippen molar-refractivity contribution >= 4 is 36.3 Å². The van der Waals surface area contributed by atoms with Gasteiger partial charge in [-0.25, -0.2) is 4.79 Å². The first-order chi connectivity index (χ1) is 16.1. The lowest BCUT2D eigenvalue weighted by atomic mass is 9.82. The molecule has 1 aliphatic carbocycles. The van der Waals surface area contributed by atoms with Gasteiger partial charge < -0.3 is 29.3 Å². The fourth-order valence-corrected chi connectivity index (χ4v) is 7.53. The maximum Gasteiger partial charge on any atom is 0.342 e. The van der Waals surface area contributed by atoms with Crippen LogP contribution in [0.3, 0.4) is 0 Å². The van der Waals surface area contributed by atoms with E-state index in [1.54, 1.807) is 19.1 Å². The highest BCUT2D eigenvalue weighted by Crippen LogP contribution is 2.55. The smallest absolute Gasteiger partial charge is 0.342 e. The largest absolute Gasteiger partial charge is 0.507 e. The van der Waals surface area contributed by atoms with Crippen molar-refractivity contribution in [2.24, 2.45) is 0 Å². The summed E-state index contributed by atoms with van der Waals surface area (Å²) in [6.45, 7) is 7.39. The number of phenols is 1. The molecule has 0 saturated carbocycles. The number of carbonyl (C=O) groups excluding carboxylic acids is 2. The number of ether oxygens (including phenoxy) is 3. The predicted octanol–water partition coefficient (Wildman–Crippen LogP) is 3.33. The molecule has 9 heteroatoms. The van der Waals surface area contributed by atoms with Gasteiger partial charge in [0.2, 0.25) is 5.91 Å². The molecule has 2 aliphatic heterocycles. The van der Waals surface area contributed by atoms with Crippen LogP contribution in [0.15, 0.2) is 11.6 Å². The Balaban J connectivity index is 0.00000133. The van der Waals surface area contributed by atoms with Gasteiger partial charge in [0.25, 0.3) is 0 Å². The second kappa shape index (κ2) is 8.32. The number of aliphatic hydroxyl groups excluding tert-OH is 1. The maximum absolute atomic E-state index is 13.1. The van der Waals surface area contributed by atoms with E-state index >= 15 is 0 Å². The van der Waals surface area contributed by atoms with Crippen LogP contribution in [0.25, 0.3) is 16.3 Å². The monoisotopic (exact) mass is 485 g/mol. The van der Waals surface area contributed by atoms with Gasteiger partial charge >= 0.3 is 5.97 Å². The molecule has 34 heavy (non-hydrogen) atoms. The highest BCUT2D eigenvalue weighted by Gasteiger charge is 2.45. The first-order valence-corrected chi connectivity index (χ1v) is 14.7. The lowest BCUT2D eigenvalue weighted by Gasteiger charge is -2.35. The summed E-state index contributed by atoms with van der Waals surface area (Å²) in [5, 5.41) is 19.7. The Morgan fingerprint density at radius 3 is 2.32 bits per heavy atom. The fourth-order valence-electron chi connectivity index (χ4n) is 5.53. The third-order valence-electron chi connectivity index (χ3n) is 7.03. The molecule has 0 bridgehead atoms. The minimum absolute atomic E-state index is 0.0276. The van der Waals surface area contributed by atoms with Crippen LogP contribution < -0.4 is 9.47 Å². The molecule has 0 spiro atoms. The number of carbonyl (C=O) groups is 2. The van der Waals surface area contributed by atoms with Gasteiger partial charge in [-0.3, -0.25) is 4.79 Å². The zero-order chi connectivity index (χ0) is 25.1. The van der Waals surface area contributed by atoms with Gasteiger partial charge in [0, 0.05) is 37.2 Å². The lowest BCUT2D eigenvalue weighted by Crippen LogP contribution is -2.35. The molecule has 2 aromatic rings. The molecule has 0 aromatic heterocycles. The van der Waals surface area contributed by atoms with Gasteiger partial charge in [0.15, 0.2) is 0 Å². The van der Waals surface area contributed by atoms with Crippen LogP contribution in [0.2, 0.25) is 25.2 Å². The van der Waals surface area contributed by atoms with Crippen molar-refractivity contribution in [3.05, 3.63) is 33.9 Å². The van der Waals surface area contributed by atoms with E-state index in [4.69, 9.17) is 19.3 Å². The SMILES string of the molecule is CO.COc1c2c(c(OC)c3c(O)c4c(cc13)C[C@H]([Si](C)(C)C)C1=C4CN(C)C1=O)C(=O)OC2. The molecule has 2 N–H and O–H groups in total. The number of benzene rings is 2. The van der Waals surface area contributed by atoms with E-state index in [9.17, 15) is 14.7 Å². The molecular weight excluding hydrogens is 454 g/mol. The molecule has 182 valence electrons. The Bertz CT molecular complexity index is 1260. The molecule has 2 aromatic carbocycles. The van der Waals surface area contributed by atoms with Gasteiger partial charge in [-0.2, -0.15) is 0 Å². The molecule has 1 atom stereocenters. The summed E-state index contributed by atoms with van der Waals surface area (Å²) in [6, 6.07) is 2.04. The average Bonchev–Trinajstić information content (AvgIpc) is 3.32. The third-order valence-corrected chi connectivity index (χ3v) is 9.62. The summed E-state index contributed by atoms with van der Waals surface area (Å²) in [6.07, 6.45) is 0.685. The highest BCUT2D eigenvalue weighted by atomic mass is 28.3. The number of rotatable bonds is 3. The molecule has 3 aliphatic rings. The van der Waals surface area contributed by atoms with Crippen LogP contribution in [-0.4, -0.2) is 70.0 Å². The van der Waals surface area contributed by atoms with Crippen LogP contribution in [0.5, 0.6) is 17.2 Å². The van der Waals surface area contributed by atoms with E-state index in [1.165, 1.54) is 7.11 Å². The number of likely N-dealkylation sites (N-methyl/N-ethyl adjacent to an activating group) is 1. The number of methoxy groups -OCH3 is 2. The summed E-state index contributed by atoms with van der Waals surface area (Å²) in [7, 11) is 4.09. The van der Waals surface area contributed by atoms with Crippen molar-refractivity contribution in [1.29, 1.82) is 0 Å². The summed E-state index contributed by atoms with van der Waals surface area (Å²) in [4.78, 5) is 27.3. The quantitative estimate of drug-likeness (QED) is 0.507. The van der Waals surface area contributed by atoms with Crippen LogP contribution in [-0.2, 0) is 22.6 Å². The molecule has 8 nitrogen and oxygen atoms in total. The highest BCUT2D eigenvalue weighted by molar-refractivity contribution is 6.78. The number of amides is 1. The van der Waals surface area contributed by atoms with E-state index in [0.717, 1.165) is 23.8 Å². The summed E-state index contributed by atoms with van der Waals surface area (Å²) < 4.78 is 16.6. The van der Waals surface area contributed by atoms with Gasteiger partial charge in [-0.05, 0) is 29.2 Å². The Kier molecular flexibility index (Phi) is 5.89. The van der Waals surface area contributed by atoms with Crippen LogP contribution in [0, 0.1) is 0 Å². The Labute approximate surface area is 199 Å². The van der Waals surface area contributed by atoms with Gasteiger partial charge in [0.05, 0.1) is 33.2 Å². The van der Waals surface area contributed by atoms with E-state index in [0.29, 0.717) is 40.6 Å². The first-order valence-electron chi connectivity index (χ1n) is 11.2. The first kappa shape index (κ1) is 24.1. The fraction of sp³-hybridized carbons (Fsp3) is 0.440. The van der Waals surface area contributed by atoms with Crippen molar-refractivity contribution in [2.45, 2.75) is 38.2 Å². The van der Waals surface area contributed by atoms with Crippen molar-refractivity contribution in [3.8, 4) is 17.2 Å². The number of esters is 1. The molecule has 0 saturated heterocycles. The molecule has 2 heterocycles. The van der Waals surface area contributed by atoms with Crippen molar-refractivity contribution in [2.75, 3.05) is 34.9 Å². The molecule has 0 fully saturated rings. The number of hydrogen-bond acceptors (Lipinski definition) is 7. The van der Waals surface area contributed by atoms with E-state index in [1.807, 2.05) is 6.07 Å². The minimum Gasteiger partial charge on any atom is -0.507 e. The second-order valence-corrected chi connectivity index (χ2v) is 15.3. The van der Waals surface area contributed by atoms with Crippen LogP contribution in [0.1, 0.15) is 27.0 Å². The molecule has 0 unspecified atom stereocenters. The van der Waals surface area contributed by atoms with Crippen molar-refractivity contribution < 1.29 is 34.0 Å². The van der Waals surface area contributed by atoms with E-state index in [2.05, 4.69) is 19.6 Å². The summed E-state index contributed by atoms with van der Waals surface area (Å²) >= 11 is 0. The lowest BCUT2D eigenvalue weighted by molar-refractivity contribution is -0.124. The number of hydrogen-bond donors (Lipinski definition) is 2. The molecule has 1 amide bonds. The van der Waals surface area contributed by atoms with Crippen molar-refractivity contribution in [3.63, 3.8) is 0 Å². The zero-order valence-electron chi connectivity index (χ0n) is 20.7. The topological polar surface area (TPSA) is 106 Å². The maximum atomic E-state index is 13.1. The standard InChI is InChI=1S/C24H27NO6Si.CH4O/c1-25-9-13-16-11(8-15(32(4,5)6)17(13)23(25)27)7-12-18(20(16)26)22(30-3)19-14(21(12)29-2)10-31-24(19)28;1-2/h7,15,26H,8-10H2,1-6H3;2H,1H3/t15-;/m0./s1. The molecule has 0 radical (unpaired) electrons. The number of phenolic OH excluding ortho intramolecular Hbond substituents is 1. The van der Waals surface area contributed by atoms with E-state index < -0.39 is 14.0 Å². The second-order valence-electron chi connectivity index (χ2n) is 9.85. The normalized spacial score (nSPS) is 18.8. The summed E-state index contributed by atoms with van der Waals surface area (Å²) in [5.41, 5.74) is 4.48. The molecule has 5 rings (SSSR count). The molecular formula is C25H31NO7Si. The predicted molar refractivity (Wildman–Crippen MR) is 131 cm³/mol. The van der Waals surface area contributed by atoms with Crippen LogP contribution in [0.4, 0.5) is 0 Å². The average molecular weight is 486 g/mol. The number of aromatic hydroxyl groups is 1. The minimum atomic E-state index is -1.74. The van der Waals surface area contributed by atoms with Gasteiger partial charge in [-0.1, -0.05) is 19.6 Å². The van der Waals surface area contributed by atoms with Gasteiger partial charge in [-0.15, -0.1) is 0 Å². The van der Waals surface area contributed by atoms with Crippen molar-refractivity contribution in [1.82, 2.24) is 4.90 Å². The number of aliphatic hydroxyl groups is 1. The zero-order valence-corrected chi connectivity index (χ0v) is 21.7. The summed E-state index contributed by atoms with van der Waals surface area (Å²) in [5.74, 6) is 0.373. The Morgan fingerprint density at radius 1 is 1.09 bits per heavy atom. The van der Waals surface area contributed by atoms with Gasteiger partial charge in [0.1, 0.15) is 29.4 Å². The van der Waals surface area contributed by atoms with Crippen LogP contribution >= 0.6 is 0 Å².